The molecule has 1 aromatic rings. The summed E-state index contributed by atoms with van der Waals surface area (Å²) in [6, 6.07) is 5.40. The van der Waals surface area contributed by atoms with Crippen LogP contribution in [0.25, 0.3) is 0 Å². The van der Waals surface area contributed by atoms with Gasteiger partial charge in [-0.2, -0.15) is 0 Å². The Morgan fingerprint density at radius 2 is 2.26 bits per heavy atom. The van der Waals surface area contributed by atoms with Crippen molar-refractivity contribution in [2.24, 2.45) is 5.92 Å². The molecular weight excluding hydrogens is 316 g/mol. The Morgan fingerprint density at radius 1 is 1.43 bits per heavy atom. The van der Waals surface area contributed by atoms with Crippen LogP contribution in [0.3, 0.4) is 0 Å². The maximum Gasteiger partial charge on any atom is 0.229 e. The molecule has 1 aromatic heterocycles. The largest absolute Gasteiger partial charge is 0.310 e. The first-order chi connectivity index (χ1) is 11.0. The third kappa shape index (κ3) is 5.89. The van der Waals surface area contributed by atoms with Crippen LogP contribution in [0.4, 0.5) is 5.82 Å². The summed E-state index contributed by atoms with van der Waals surface area (Å²) >= 11 is 0. The Morgan fingerprint density at radius 3 is 2.96 bits per heavy atom. The quantitative estimate of drug-likeness (QED) is 0.761. The van der Waals surface area contributed by atoms with Gasteiger partial charge in [0.1, 0.15) is 5.82 Å². The molecule has 1 aliphatic rings. The van der Waals surface area contributed by atoms with E-state index < -0.39 is 10.0 Å². The second kappa shape index (κ2) is 8.37. The molecule has 2 rings (SSSR count). The van der Waals surface area contributed by atoms with Gasteiger partial charge in [-0.3, -0.25) is 4.79 Å². The lowest BCUT2D eigenvalue weighted by molar-refractivity contribution is -0.121. The summed E-state index contributed by atoms with van der Waals surface area (Å²) in [5.41, 5.74) is 0. The Bertz CT molecular complexity index is 606. The van der Waals surface area contributed by atoms with Crippen molar-refractivity contribution in [3.63, 3.8) is 0 Å². The number of carbonyl (C=O) groups excluding carboxylic acids is 1. The van der Waals surface area contributed by atoms with Crippen molar-refractivity contribution in [2.45, 2.75) is 19.3 Å². The fourth-order valence-electron chi connectivity index (χ4n) is 2.72. The summed E-state index contributed by atoms with van der Waals surface area (Å²) < 4.78 is 25.1. The molecule has 128 valence electrons. The smallest absolute Gasteiger partial charge is 0.229 e. The highest BCUT2D eigenvalue weighted by molar-refractivity contribution is 7.89. The third-order valence-electron chi connectivity index (χ3n) is 3.99. The Balaban J connectivity index is 1.80. The van der Waals surface area contributed by atoms with Crippen LogP contribution in [0.2, 0.25) is 0 Å². The maximum atomic E-state index is 12.3. The zero-order valence-electron chi connectivity index (χ0n) is 13.4. The van der Waals surface area contributed by atoms with E-state index in [1.54, 1.807) is 18.3 Å². The zero-order valence-corrected chi connectivity index (χ0v) is 14.2. The van der Waals surface area contributed by atoms with Crippen molar-refractivity contribution >= 4 is 21.7 Å². The lowest BCUT2D eigenvalue weighted by Crippen LogP contribution is -2.41. The highest BCUT2D eigenvalue weighted by Gasteiger charge is 2.26. The highest BCUT2D eigenvalue weighted by atomic mass is 32.2. The van der Waals surface area contributed by atoms with Crippen molar-refractivity contribution in [3.05, 3.63) is 24.4 Å². The molecule has 0 spiro atoms. The number of carbonyl (C=O) groups is 1. The molecule has 2 N–H and O–H groups in total. The van der Waals surface area contributed by atoms with Gasteiger partial charge in [0.05, 0.1) is 11.7 Å². The number of nitrogens with one attached hydrogen (secondary N) is 2. The summed E-state index contributed by atoms with van der Waals surface area (Å²) in [5, 5.41) is 2.84. The van der Waals surface area contributed by atoms with E-state index in [0.29, 0.717) is 25.3 Å². The molecule has 1 fully saturated rings. The first kappa shape index (κ1) is 17.8. The summed E-state index contributed by atoms with van der Waals surface area (Å²) in [5.74, 6) is 0.586. The van der Waals surface area contributed by atoms with Crippen LogP contribution in [0.15, 0.2) is 24.4 Å². The van der Waals surface area contributed by atoms with E-state index in [1.165, 1.54) is 7.05 Å². The summed E-state index contributed by atoms with van der Waals surface area (Å²) in [6.07, 6.45) is 4.01. The SMILES string of the molecule is CNS(=O)(=O)CCCN1CCCC(C(=O)Nc2ccccn2)C1. The summed E-state index contributed by atoms with van der Waals surface area (Å²) in [7, 11) is -1.73. The molecule has 2 heterocycles. The number of piperidine rings is 1. The molecule has 8 heteroatoms. The Kier molecular flexibility index (Phi) is 6.49. The first-order valence-electron chi connectivity index (χ1n) is 7.85. The van der Waals surface area contributed by atoms with Gasteiger partial charge in [0.25, 0.3) is 0 Å². The van der Waals surface area contributed by atoms with E-state index in [4.69, 9.17) is 0 Å². The van der Waals surface area contributed by atoms with E-state index in [2.05, 4.69) is 19.9 Å². The minimum atomic E-state index is -3.16. The maximum absolute atomic E-state index is 12.3. The number of likely N-dealkylation sites (tertiary alicyclic amines) is 1. The Labute approximate surface area is 137 Å². The van der Waals surface area contributed by atoms with Gasteiger partial charge in [-0.15, -0.1) is 0 Å². The van der Waals surface area contributed by atoms with Crippen molar-refractivity contribution in [2.75, 3.05) is 37.8 Å². The van der Waals surface area contributed by atoms with E-state index in [9.17, 15) is 13.2 Å². The van der Waals surface area contributed by atoms with Crippen molar-refractivity contribution in [3.8, 4) is 0 Å². The second-order valence-electron chi connectivity index (χ2n) is 5.72. The topological polar surface area (TPSA) is 91.4 Å². The van der Waals surface area contributed by atoms with Gasteiger partial charge in [-0.1, -0.05) is 6.07 Å². The predicted octanol–water partition coefficient (Wildman–Crippen LogP) is 0.671. The second-order valence-corrected chi connectivity index (χ2v) is 7.77. The fourth-order valence-corrected chi connectivity index (χ4v) is 3.43. The summed E-state index contributed by atoms with van der Waals surface area (Å²) in [6.45, 7) is 2.26. The summed E-state index contributed by atoms with van der Waals surface area (Å²) in [4.78, 5) is 18.6. The van der Waals surface area contributed by atoms with Gasteiger partial charge in [0.15, 0.2) is 0 Å². The molecule has 0 aromatic carbocycles. The number of nitrogens with zero attached hydrogens (tertiary/aromatic N) is 2. The van der Waals surface area contributed by atoms with Crippen molar-refractivity contribution in [1.82, 2.24) is 14.6 Å². The standard InChI is InChI=1S/C15H24N4O3S/c1-16-23(21,22)11-5-10-19-9-4-6-13(12-19)15(20)18-14-7-2-3-8-17-14/h2-3,7-8,13,16H,4-6,9-12H2,1H3,(H,17,18,20). The Hall–Kier alpha value is -1.51. The number of pyridine rings is 1. The molecule has 0 bridgehead atoms. The highest BCUT2D eigenvalue weighted by Crippen LogP contribution is 2.18. The van der Waals surface area contributed by atoms with E-state index in [0.717, 1.165) is 19.4 Å². The van der Waals surface area contributed by atoms with E-state index >= 15 is 0 Å². The van der Waals surface area contributed by atoms with E-state index in [1.807, 2.05) is 6.07 Å². The molecule has 1 atom stereocenters. The normalized spacial score (nSPS) is 19.4. The zero-order chi connectivity index (χ0) is 16.7. The molecule has 1 saturated heterocycles. The molecule has 23 heavy (non-hydrogen) atoms. The van der Waals surface area contributed by atoms with Crippen LogP contribution in [0, 0.1) is 5.92 Å². The van der Waals surface area contributed by atoms with Crippen LogP contribution in [0.5, 0.6) is 0 Å². The number of sulfonamides is 1. The number of hydrogen-bond donors (Lipinski definition) is 2. The molecule has 7 nitrogen and oxygen atoms in total. The molecule has 1 aliphatic heterocycles. The third-order valence-corrected chi connectivity index (χ3v) is 5.44. The van der Waals surface area contributed by atoms with Crippen molar-refractivity contribution < 1.29 is 13.2 Å². The van der Waals surface area contributed by atoms with Crippen LogP contribution in [-0.2, 0) is 14.8 Å². The monoisotopic (exact) mass is 340 g/mol. The van der Waals surface area contributed by atoms with Gasteiger partial charge in [-0.05, 0) is 51.5 Å². The minimum absolute atomic E-state index is 0.0174. The van der Waals surface area contributed by atoms with Gasteiger partial charge in [0.2, 0.25) is 15.9 Å². The molecule has 0 saturated carbocycles. The fraction of sp³-hybridized carbons (Fsp3) is 0.600. The molecule has 1 unspecified atom stereocenters. The average Bonchev–Trinajstić information content (AvgIpc) is 2.56. The van der Waals surface area contributed by atoms with Crippen molar-refractivity contribution in [1.29, 1.82) is 0 Å². The minimum Gasteiger partial charge on any atom is -0.310 e. The number of hydrogen-bond acceptors (Lipinski definition) is 5. The molecule has 0 aliphatic carbocycles. The molecular formula is C15H24N4O3S. The molecule has 1 amide bonds. The van der Waals surface area contributed by atoms with Gasteiger partial charge in [-0.25, -0.2) is 18.1 Å². The lowest BCUT2D eigenvalue weighted by atomic mass is 9.97. The van der Waals surface area contributed by atoms with Gasteiger partial charge in [0, 0.05) is 12.7 Å². The van der Waals surface area contributed by atoms with Crippen LogP contribution >= 0.6 is 0 Å². The van der Waals surface area contributed by atoms with Gasteiger partial charge >= 0.3 is 0 Å². The number of aromatic nitrogens is 1. The first-order valence-corrected chi connectivity index (χ1v) is 9.51. The lowest BCUT2D eigenvalue weighted by Gasteiger charge is -2.31. The number of rotatable bonds is 7. The average molecular weight is 340 g/mol. The van der Waals surface area contributed by atoms with Crippen LogP contribution < -0.4 is 10.0 Å². The van der Waals surface area contributed by atoms with Gasteiger partial charge < -0.3 is 10.2 Å². The molecule has 0 radical (unpaired) electrons. The number of anilines is 1. The van der Waals surface area contributed by atoms with Crippen LogP contribution in [0.1, 0.15) is 19.3 Å². The van der Waals surface area contributed by atoms with Crippen LogP contribution in [-0.4, -0.2) is 56.6 Å². The number of amides is 1. The van der Waals surface area contributed by atoms with E-state index in [-0.39, 0.29) is 17.6 Å². The predicted molar refractivity (Wildman–Crippen MR) is 89.5 cm³/mol.